The first-order chi connectivity index (χ1) is 11.0. The second kappa shape index (κ2) is 6.27. The van der Waals surface area contributed by atoms with Crippen molar-refractivity contribution in [3.63, 3.8) is 0 Å². The highest BCUT2D eigenvalue weighted by atomic mass is 32.2. The molecule has 0 atom stereocenters. The zero-order valence-corrected chi connectivity index (χ0v) is 13.2. The number of thiocarbonyl (C=S) groups is 1. The maximum Gasteiger partial charge on any atom is 0.269 e. The van der Waals surface area contributed by atoms with E-state index >= 15 is 0 Å². The van der Waals surface area contributed by atoms with Gasteiger partial charge in [0, 0.05) is 17.7 Å². The molecule has 6 nitrogen and oxygen atoms in total. The molecule has 1 aliphatic heterocycles. The normalized spacial score (nSPS) is 15.7. The van der Waals surface area contributed by atoms with Crippen LogP contribution in [0.5, 0.6) is 0 Å². The van der Waals surface area contributed by atoms with E-state index in [2.05, 4.69) is 10.3 Å². The van der Waals surface area contributed by atoms with Gasteiger partial charge in [-0.3, -0.25) is 14.9 Å². The Bertz CT molecular complexity index is 847. The fourth-order valence-electron chi connectivity index (χ4n) is 2.00. The molecule has 23 heavy (non-hydrogen) atoms. The number of nitro benzene ring substituents is 1. The third-order valence-electron chi connectivity index (χ3n) is 3.07. The second-order valence-electron chi connectivity index (χ2n) is 4.60. The van der Waals surface area contributed by atoms with Crippen molar-refractivity contribution in [2.45, 2.75) is 0 Å². The third-order valence-corrected chi connectivity index (χ3v) is 4.23. The predicted molar refractivity (Wildman–Crippen MR) is 92.6 cm³/mol. The topological polar surface area (TPSA) is 85.1 Å². The van der Waals surface area contributed by atoms with Crippen LogP contribution in [0.3, 0.4) is 0 Å². The van der Waals surface area contributed by atoms with Crippen molar-refractivity contribution >= 4 is 46.0 Å². The Morgan fingerprint density at radius 2 is 1.96 bits per heavy atom. The summed E-state index contributed by atoms with van der Waals surface area (Å²) in [6, 6.07) is 11.5. The molecule has 1 fully saturated rings. The molecule has 0 radical (unpaired) electrons. The van der Waals surface area contributed by atoms with Gasteiger partial charge >= 0.3 is 0 Å². The molecule has 0 spiro atoms. The standard InChI is InChI=1S/C15H9N3O3S2/c19-14-13(23-15(22)17-14)8-10-2-1-3-12(16-10)9-4-6-11(7-5-9)18(20)21/h1-8H,(H,17,19,22)/b13-8-. The van der Waals surface area contributed by atoms with Gasteiger partial charge in [0.25, 0.3) is 11.6 Å². The van der Waals surface area contributed by atoms with Crippen LogP contribution in [0.25, 0.3) is 17.3 Å². The predicted octanol–water partition coefficient (Wildman–Crippen LogP) is 3.15. The first-order valence-electron chi connectivity index (χ1n) is 6.50. The maximum atomic E-state index is 11.7. The molecule has 1 N–H and O–H groups in total. The van der Waals surface area contributed by atoms with Crippen LogP contribution in [0, 0.1) is 10.1 Å². The number of nitrogens with one attached hydrogen (secondary N) is 1. The van der Waals surface area contributed by atoms with Crippen LogP contribution >= 0.6 is 24.0 Å². The number of amides is 1. The van der Waals surface area contributed by atoms with Crippen molar-refractivity contribution in [1.29, 1.82) is 0 Å². The number of thioether (sulfide) groups is 1. The van der Waals surface area contributed by atoms with Gasteiger partial charge < -0.3 is 5.32 Å². The minimum Gasteiger partial charge on any atom is -0.307 e. The van der Waals surface area contributed by atoms with Crippen LogP contribution in [0.4, 0.5) is 5.69 Å². The molecule has 2 heterocycles. The van der Waals surface area contributed by atoms with Crippen molar-refractivity contribution in [1.82, 2.24) is 10.3 Å². The van der Waals surface area contributed by atoms with E-state index in [-0.39, 0.29) is 11.6 Å². The molecule has 1 amide bonds. The van der Waals surface area contributed by atoms with Gasteiger partial charge in [-0.1, -0.05) is 30.0 Å². The van der Waals surface area contributed by atoms with Gasteiger partial charge in [-0.25, -0.2) is 4.98 Å². The van der Waals surface area contributed by atoms with E-state index in [1.54, 1.807) is 30.3 Å². The fraction of sp³-hybridized carbons (Fsp3) is 0. The zero-order valence-electron chi connectivity index (χ0n) is 11.6. The number of carbonyl (C=O) groups is 1. The lowest BCUT2D eigenvalue weighted by atomic mass is 10.1. The Hall–Kier alpha value is -2.58. The summed E-state index contributed by atoms with van der Waals surface area (Å²) in [5.41, 5.74) is 2.07. The van der Waals surface area contributed by atoms with E-state index in [9.17, 15) is 14.9 Å². The monoisotopic (exact) mass is 343 g/mol. The molecule has 0 unspecified atom stereocenters. The molecule has 8 heteroatoms. The first kappa shape index (κ1) is 15.3. The van der Waals surface area contributed by atoms with Gasteiger partial charge in [0.1, 0.15) is 4.32 Å². The van der Waals surface area contributed by atoms with Gasteiger partial charge in [0.2, 0.25) is 0 Å². The van der Waals surface area contributed by atoms with Gasteiger partial charge in [-0.2, -0.15) is 0 Å². The number of aromatic nitrogens is 1. The average Bonchev–Trinajstić information content (AvgIpc) is 2.85. The number of hydrogen-bond acceptors (Lipinski definition) is 6. The summed E-state index contributed by atoms with van der Waals surface area (Å²) < 4.78 is 0.424. The van der Waals surface area contributed by atoms with E-state index < -0.39 is 4.92 Å². The molecule has 1 aromatic heterocycles. The Morgan fingerprint density at radius 1 is 1.22 bits per heavy atom. The van der Waals surface area contributed by atoms with Gasteiger partial charge in [0.05, 0.1) is 21.2 Å². The highest BCUT2D eigenvalue weighted by Crippen LogP contribution is 2.26. The van der Waals surface area contributed by atoms with Crippen LogP contribution in [0.15, 0.2) is 47.4 Å². The summed E-state index contributed by atoms with van der Waals surface area (Å²) in [6.07, 6.45) is 1.66. The van der Waals surface area contributed by atoms with Gasteiger partial charge in [0.15, 0.2) is 0 Å². The van der Waals surface area contributed by atoms with Crippen LogP contribution in [-0.2, 0) is 4.79 Å². The van der Waals surface area contributed by atoms with Crippen LogP contribution in [0.1, 0.15) is 5.69 Å². The number of carbonyl (C=O) groups excluding carboxylic acids is 1. The summed E-state index contributed by atoms with van der Waals surface area (Å²) in [5, 5.41) is 13.2. The Morgan fingerprint density at radius 3 is 2.57 bits per heavy atom. The summed E-state index contributed by atoms with van der Waals surface area (Å²) in [5.74, 6) is -0.234. The van der Waals surface area contributed by atoms with Crippen LogP contribution < -0.4 is 5.32 Å². The lowest BCUT2D eigenvalue weighted by molar-refractivity contribution is -0.384. The van der Waals surface area contributed by atoms with E-state index in [1.807, 2.05) is 6.07 Å². The van der Waals surface area contributed by atoms with Crippen LogP contribution in [0.2, 0.25) is 0 Å². The highest BCUT2D eigenvalue weighted by molar-refractivity contribution is 8.26. The lowest BCUT2D eigenvalue weighted by Gasteiger charge is -2.02. The van der Waals surface area contributed by atoms with Crippen molar-refractivity contribution in [2.24, 2.45) is 0 Å². The number of nitro groups is 1. The van der Waals surface area contributed by atoms with Gasteiger partial charge in [-0.15, -0.1) is 0 Å². The maximum absolute atomic E-state index is 11.7. The van der Waals surface area contributed by atoms with E-state index in [0.29, 0.717) is 20.6 Å². The Labute approximate surface area is 140 Å². The zero-order chi connectivity index (χ0) is 16.4. The quantitative estimate of drug-likeness (QED) is 0.399. The van der Waals surface area contributed by atoms with Crippen molar-refractivity contribution in [2.75, 3.05) is 0 Å². The lowest BCUT2D eigenvalue weighted by Crippen LogP contribution is -2.17. The van der Waals surface area contributed by atoms with Crippen molar-refractivity contribution in [3.05, 3.63) is 63.2 Å². The second-order valence-corrected chi connectivity index (χ2v) is 6.32. The van der Waals surface area contributed by atoms with Gasteiger partial charge in [-0.05, 0) is 30.3 Å². The molecule has 2 aromatic rings. The smallest absolute Gasteiger partial charge is 0.269 e. The van der Waals surface area contributed by atoms with Crippen molar-refractivity contribution < 1.29 is 9.72 Å². The molecule has 1 saturated heterocycles. The molecular formula is C15H9N3O3S2. The number of non-ortho nitro benzene ring substituents is 1. The van der Waals surface area contributed by atoms with Crippen LogP contribution in [-0.4, -0.2) is 20.1 Å². The number of pyridine rings is 1. The molecule has 0 aliphatic carbocycles. The first-order valence-corrected chi connectivity index (χ1v) is 7.72. The van der Waals surface area contributed by atoms with E-state index in [0.717, 1.165) is 5.56 Å². The number of benzene rings is 1. The summed E-state index contributed by atoms with van der Waals surface area (Å²) in [6.45, 7) is 0. The molecule has 1 aromatic carbocycles. The Balaban J connectivity index is 1.91. The SMILES string of the molecule is O=C1NC(=S)S/C1=C\c1cccc(-c2ccc([N+](=O)[O-])cc2)n1. The summed E-state index contributed by atoms with van der Waals surface area (Å²) in [7, 11) is 0. The molecule has 0 bridgehead atoms. The number of rotatable bonds is 3. The highest BCUT2D eigenvalue weighted by Gasteiger charge is 2.22. The molecule has 0 saturated carbocycles. The Kier molecular flexibility index (Phi) is 4.18. The largest absolute Gasteiger partial charge is 0.307 e. The third kappa shape index (κ3) is 3.43. The minimum atomic E-state index is -0.448. The molecule has 3 rings (SSSR count). The van der Waals surface area contributed by atoms with E-state index in [1.165, 1.54) is 23.9 Å². The minimum absolute atomic E-state index is 0.0274. The number of hydrogen-bond donors (Lipinski definition) is 1. The average molecular weight is 343 g/mol. The molecule has 1 aliphatic rings. The summed E-state index contributed by atoms with van der Waals surface area (Å²) in [4.78, 5) is 26.9. The molecular weight excluding hydrogens is 334 g/mol. The van der Waals surface area contributed by atoms with Crippen molar-refractivity contribution in [3.8, 4) is 11.3 Å². The molecule has 114 valence electrons. The van der Waals surface area contributed by atoms with E-state index in [4.69, 9.17) is 12.2 Å². The number of nitrogens with zero attached hydrogens (tertiary/aromatic N) is 2. The fourth-order valence-corrected chi connectivity index (χ4v) is 3.03. The summed E-state index contributed by atoms with van der Waals surface area (Å²) >= 11 is 6.13.